The van der Waals surface area contributed by atoms with E-state index < -0.39 is 17.3 Å². The molecular weight excluding hydrogens is 737 g/mol. The minimum atomic E-state index is -3.86. The summed E-state index contributed by atoms with van der Waals surface area (Å²) in [6, 6.07) is 17.4. The first-order chi connectivity index (χ1) is 26.5. The number of nitrogens with one attached hydrogen (secondary N) is 1. The van der Waals surface area contributed by atoms with E-state index >= 15 is 4.39 Å². The average molecular weight is 765 g/mol. The molecule has 9 rings (SSSR count). The van der Waals surface area contributed by atoms with Crippen molar-refractivity contribution in [3.05, 3.63) is 114 Å². The highest BCUT2D eigenvalue weighted by Crippen LogP contribution is 2.40. The standard InChI is InChI=1S/C39H28ClF3N8O4/c1-20-18-54-19-33-47-31-14-21(37(52)46-24-6-8-25(9-7-24)55-39(40,42)43)12-27(36(31)51(20)33)22-13-28-30(45-16-22)15-23-17-50(49-35(23)28)38-44-11-10-29(48-38)26-4-3-5-32(53-2)34(26)41/h3-14,16-17,20H,15,18-19H2,1-2H3,(H,46,52)/t20-/m1/s1. The molecule has 0 fully saturated rings. The zero-order valence-electron chi connectivity index (χ0n) is 29.1. The number of pyridine rings is 1. The molecule has 2 aliphatic rings. The number of amides is 1. The molecule has 1 N–H and O–H groups in total. The molecule has 1 amide bonds. The second kappa shape index (κ2) is 13.2. The lowest BCUT2D eigenvalue weighted by molar-refractivity contribution is -0.0964. The van der Waals surface area contributed by atoms with Crippen molar-refractivity contribution in [1.82, 2.24) is 34.3 Å². The number of anilines is 1. The number of halogens is 4. The van der Waals surface area contributed by atoms with Gasteiger partial charge >= 0.3 is 5.57 Å². The van der Waals surface area contributed by atoms with Gasteiger partial charge in [0.25, 0.3) is 11.9 Å². The fraction of sp³-hybridized carbons (Fsp3) is 0.179. The smallest absolute Gasteiger partial charge is 0.487 e. The van der Waals surface area contributed by atoms with Crippen LogP contribution in [0.25, 0.3) is 50.6 Å². The number of nitrogens with zero attached hydrogens (tertiary/aromatic N) is 7. The summed E-state index contributed by atoms with van der Waals surface area (Å²) >= 11 is 4.88. The Morgan fingerprint density at radius 3 is 2.67 bits per heavy atom. The van der Waals surface area contributed by atoms with Gasteiger partial charge < -0.3 is 24.1 Å². The Morgan fingerprint density at radius 2 is 1.87 bits per heavy atom. The monoisotopic (exact) mass is 764 g/mol. The number of imidazole rings is 1. The van der Waals surface area contributed by atoms with Crippen LogP contribution in [0.15, 0.2) is 85.3 Å². The predicted octanol–water partition coefficient (Wildman–Crippen LogP) is 7.97. The summed E-state index contributed by atoms with van der Waals surface area (Å²) < 4.78 is 60.3. The van der Waals surface area contributed by atoms with Gasteiger partial charge in [0.1, 0.15) is 18.2 Å². The van der Waals surface area contributed by atoms with Crippen LogP contribution in [0.2, 0.25) is 0 Å². The molecule has 3 aromatic carbocycles. The number of hydrogen-bond acceptors (Lipinski definition) is 9. The normalized spacial score (nSPS) is 14.7. The maximum absolute atomic E-state index is 15.1. The molecular formula is C39H28ClF3N8O4. The SMILES string of the molecule is COc1cccc(-c2ccnc(-n3cc4c(n3)-c3cc(-c5cc(C(=O)Nc6ccc(OC(F)(F)Cl)cc6)cc6nc7n(c56)[C@H](C)COC7)cnc3C4)n2)c1F. The molecule has 1 atom stereocenters. The minimum absolute atomic E-state index is 0.0285. The average Bonchev–Trinajstić information content (AvgIpc) is 3.86. The highest BCUT2D eigenvalue weighted by atomic mass is 35.5. The van der Waals surface area contributed by atoms with Crippen molar-refractivity contribution in [1.29, 1.82) is 0 Å². The van der Waals surface area contributed by atoms with Crippen LogP contribution in [0.3, 0.4) is 0 Å². The number of carbonyl (C=O) groups is 1. The Bertz CT molecular complexity index is 2660. The number of alkyl halides is 3. The van der Waals surface area contributed by atoms with Crippen molar-refractivity contribution in [3.63, 3.8) is 0 Å². The van der Waals surface area contributed by atoms with Crippen LogP contribution < -0.4 is 14.8 Å². The third kappa shape index (κ3) is 6.30. The topological polar surface area (TPSA) is 131 Å². The largest absolute Gasteiger partial charge is 0.494 e. The van der Waals surface area contributed by atoms with Crippen molar-refractivity contribution in [2.75, 3.05) is 19.0 Å². The zero-order chi connectivity index (χ0) is 38.0. The van der Waals surface area contributed by atoms with Crippen LogP contribution in [0.1, 0.15) is 40.4 Å². The third-order valence-corrected chi connectivity index (χ3v) is 9.57. The van der Waals surface area contributed by atoms with Crippen LogP contribution in [-0.2, 0) is 17.8 Å². The molecule has 0 spiro atoms. The van der Waals surface area contributed by atoms with Crippen LogP contribution >= 0.6 is 11.6 Å². The van der Waals surface area contributed by atoms with Gasteiger partial charge in [0.05, 0.1) is 47.9 Å². The summed E-state index contributed by atoms with van der Waals surface area (Å²) in [6.45, 7) is 2.85. The van der Waals surface area contributed by atoms with Crippen LogP contribution in [0.5, 0.6) is 11.5 Å². The summed E-state index contributed by atoms with van der Waals surface area (Å²) in [7, 11) is 1.41. The Balaban J connectivity index is 1.08. The Kier molecular flexibility index (Phi) is 8.27. The lowest BCUT2D eigenvalue weighted by Crippen LogP contribution is -2.21. The number of carbonyl (C=O) groups excluding carboxylic acids is 1. The van der Waals surface area contributed by atoms with Gasteiger partial charge in [-0.3, -0.25) is 9.78 Å². The summed E-state index contributed by atoms with van der Waals surface area (Å²) in [5.74, 6) is -0.0289. The van der Waals surface area contributed by atoms with Crippen LogP contribution in [-0.4, -0.2) is 59.5 Å². The summed E-state index contributed by atoms with van der Waals surface area (Å²) in [6.07, 6.45) is 5.70. The number of fused-ring (bicyclic) bond motifs is 6. The van der Waals surface area contributed by atoms with Gasteiger partial charge in [-0.2, -0.15) is 5.10 Å². The number of hydrogen-bond donors (Lipinski definition) is 1. The summed E-state index contributed by atoms with van der Waals surface area (Å²) in [5, 5.41) is 7.67. The van der Waals surface area contributed by atoms with E-state index in [4.69, 9.17) is 36.1 Å². The van der Waals surface area contributed by atoms with Crippen molar-refractivity contribution in [2.24, 2.45) is 0 Å². The van der Waals surface area contributed by atoms with Gasteiger partial charge in [-0.05, 0) is 67.6 Å². The van der Waals surface area contributed by atoms with E-state index in [0.717, 1.165) is 39.3 Å². The van der Waals surface area contributed by atoms with E-state index in [9.17, 15) is 13.6 Å². The van der Waals surface area contributed by atoms with Gasteiger partial charge in [0.15, 0.2) is 11.6 Å². The Morgan fingerprint density at radius 1 is 1.04 bits per heavy atom. The lowest BCUT2D eigenvalue weighted by atomic mass is 9.99. The molecule has 0 unspecified atom stereocenters. The molecule has 276 valence electrons. The Labute approximate surface area is 315 Å². The Hall–Kier alpha value is -6.32. The maximum atomic E-state index is 15.1. The van der Waals surface area contributed by atoms with E-state index in [2.05, 4.69) is 24.6 Å². The van der Waals surface area contributed by atoms with Crippen molar-refractivity contribution >= 4 is 34.2 Å². The number of ether oxygens (including phenoxy) is 3. The lowest BCUT2D eigenvalue weighted by Gasteiger charge is -2.23. The highest BCUT2D eigenvalue weighted by Gasteiger charge is 2.29. The van der Waals surface area contributed by atoms with Gasteiger partial charge in [-0.15, -0.1) is 8.78 Å². The first-order valence-electron chi connectivity index (χ1n) is 17.1. The quantitative estimate of drug-likeness (QED) is 0.153. The molecule has 0 bridgehead atoms. The van der Waals surface area contributed by atoms with E-state index in [1.54, 1.807) is 53.5 Å². The molecule has 1 aliphatic carbocycles. The minimum Gasteiger partial charge on any atom is -0.494 e. The molecule has 55 heavy (non-hydrogen) atoms. The number of aromatic nitrogens is 7. The van der Waals surface area contributed by atoms with Crippen molar-refractivity contribution < 1.29 is 32.2 Å². The van der Waals surface area contributed by atoms with Crippen molar-refractivity contribution in [3.8, 4) is 51.1 Å². The maximum Gasteiger partial charge on any atom is 0.487 e. The van der Waals surface area contributed by atoms with Crippen LogP contribution in [0, 0.1) is 5.82 Å². The molecule has 7 aromatic rings. The number of benzene rings is 3. The van der Waals surface area contributed by atoms with E-state index in [1.165, 1.54) is 31.4 Å². The van der Waals surface area contributed by atoms with Gasteiger partial charge in [-0.1, -0.05) is 6.07 Å². The summed E-state index contributed by atoms with van der Waals surface area (Å²) in [4.78, 5) is 32.4. The number of methoxy groups -OCH3 is 1. The summed E-state index contributed by atoms with van der Waals surface area (Å²) in [5.41, 5.74) is 3.59. The molecule has 5 heterocycles. The van der Waals surface area contributed by atoms with Crippen LogP contribution in [0.4, 0.5) is 18.9 Å². The molecule has 1 aliphatic heterocycles. The fourth-order valence-corrected chi connectivity index (χ4v) is 7.14. The first kappa shape index (κ1) is 34.4. The van der Waals surface area contributed by atoms with E-state index in [0.29, 0.717) is 47.8 Å². The van der Waals surface area contributed by atoms with Gasteiger partial charge in [0, 0.05) is 75.7 Å². The van der Waals surface area contributed by atoms with E-state index in [-0.39, 0.29) is 29.1 Å². The molecule has 12 nitrogen and oxygen atoms in total. The molecule has 0 saturated carbocycles. The molecule has 0 radical (unpaired) electrons. The fourth-order valence-electron chi connectivity index (χ4n) is 7.06. The van der Waals surface area contributed by atoms with Crippen molar-refractivity contribution in [2.45, 2.75) is 31.6 Å². The number of rotatable bonds is 8. The predicted molar refractivity (Wildman–Crippen MR) is 196 cm³/mol. The molecule has 0 saturated heterocycles. The molecule has 4 aromatic heterocycles. The second-order valence-electron chi connectivity index (χ2n) is 13.1. The third-order valence-electron chi connectivity index (χ3n) is 9.49. The molecule has 16 heteroatoms. The van der Waals surface area contributed by atoms with Gasteiger partial charge in [0.2, 0.25) is 0 Å². The second-order valence-corrected chi connectivity index (χ2v) is 13.5. The zero-order valence-corrected chi connectivity index (χ0v) is 29.8. The van der Waals surface area contributed by atoms with E-state index in [1.807, 2.05) is 19.2 Å². The van der Waals surface area contributed by atoms with Gasteiger partial charge in [-0.25, -0.2) is 24.0 Å². The first-order valence-corrected chi connectivity index (χ1v) is 17.4. The highest BCUT2D eigenvalue weighted by molar-refractivity contribution is 6.20.